The molecule has 0 amide bonds. The highest BCUT2D eigenvalue weighted by Gasteiger charge is 2.10. The lowest BCUT2D eigenvalue weighted by Crippen LogP contribution is -2.00. The van der Waals surface area contributed by atoms with Crippen LogP contribution in [0.1, 0.15) is 25.5 Å². The van der Waals surface area contributed by atoms with Crippen LogP contribution in [0.2, 0.25) is 5.15 Å². The number of nitrogens with zero attached hydrogens (tertiary/aromatic N) is 3. The quantitative estimate of drug-likeness (QED) is 0.781. The van der Waals surface area contributed by atoms with Crippen molar-refractivity contribution >= 4 is 11.6 Å². The number of hydrogen-bond acceptors (Lipinski definition) is 2. The molecule has 0 spiro atoms. The minimum Gasteiger partial charge on any atom is -0.237 e. The molecule has 0 aliphatic rings. The Bertz CT molecular complexity index is 448. The summed E-state index contributed by atoms with van der Waals surface area (Å²) < 4.78 is 1.65. The van der Waals surface area contributed by atoms with Crippen molar-refractivity contribution in [2.75, 3.05) is 0 Å². The lowest BCUT2D eigenvalue weighted by atomic mass is 10.1. The number of pyridine rings is 1. The van der Waals surface area contributed by atoms with Gasteiger partial charge in [0, 0.05) is 6.20 Å². The van der Waals surface area contributed by atoms with Crippen molar-refractivity contribution in [1.29, 1.82) is 0 Å². The third kappa shape index (κ3) is 2.02. The van der Waals surface area contributed by atoms with Crippen LogP contribution in [0.25, 0.3) is 5.82 Å². The van der Waals surface area contributed by atoms with Gasteiger partial charge in [-0.1, -0.05) is 31.5 Å². The van der Waals surface area contributed by atoms with Crippen molar-refractivity contribution in [3.63, 3.8) is 0 Å². The van der Waals surface area contributed by atoms with Crippen LogP contribution in [0.5, 0.6) is 0 Å². The van der Waals surface area contributed by atoms with Gasteiger partial charge >= 0.3 is 0 Å². The van der Waals surface area contributed by atoms with Crippen molar-refractivity contribution in [2.45, 2.75) is 19.8 Å². The number of aromatic nitrogens is 3. The first kappa shape index (κ1) is 10.2. The van der Waals surface area contributed by atoms with Gasteiger partial charge in [-0.15, -0.1) is 0 Å². The second-order valence-corrected chi connectivity index (χ2v) is 4.03. The third-order valence-corrected chi connectivity index (χ3v) is 2.41. The molecule has 0 atom stereocenters. The summed E-state index contributed by atoms with van der Waals surface area (Å²) in [6.45, 7) is 4.17. The summed E-state index contributed by atoms with van der Waals surface area (Å²) in [6, 6.07) is 7.53. The molecule has 15 heavy (non-hydrogen) atoms. The second kappa shape index (κ2) is 4.03. The SMILES string of the molecule is CC(C)c1cc(Cl)n(-c2ccccn2)n1. The monoisotopic (exact) mass is 221 g/mol. The molecule has 2 heterocycles. The van der Waals surface area contributed by atoms with E-state index < -0.39 is 0 Å². The summed E-state index contributed by atoms with van der Waals surface area (Å²) in [5, 5.41) is 5.00. The maximum Gasteiger partial charge on any atom is 0.155 e. The molecular formula is C11H12ClN3. The Hall–Kier alpha value is -1.35. The van der Waals surface area contributed by atoms with Crippen molar-refractivity contribution in [3.05, 3.63) is 41.3 Å². The van der Waals surface area contributed by atoms with Gasteiger partial charge < -0.3 is 0 Å². The first-order valence-electron chi connectivity index (χ1n) is 4.85. The van der Waals surface area contributed by atoms with E-state index in [4.69, 9.17) is 11.6 Å². The van der Waals surface area contributed by atoms with Crippen LogP contribution in [-0.2, 0) is 0 Å². The summed E-state index contributed by atoms with van der Waals surface area (Å²) in [5.41, 5.74) is 0.977. The highest BCUT2D eigenvalue weighted by atomic mass is 35.5. The van der Waals surface area contributed by atoms with Gasteiger partial charge in [-0.3, -0.25) is 0 Å². The van der Waals surface area contributed by atoms with Crippen LogP contribution >= 0.6 is 11.6 Å². The fraction of sp³-hybridized carbons (Fsp3) is 0.273. The van der Waals surface area contributed by atoms with E-state index in [9.17, 15) is 0 Å². The first-order valence-corrected chi connectivity index (χ1v) is 5.23. The van der Waals surface area contributed by atoms with Crippen LogP contribution in [0.4, 0.5) is 0 Å². The zero-order valence-electron chi connectivity index (χ0n) is 8.68. The third-order valence-electron chi connectivity index (χ3n) is 2.14. The predicted molar refractivity (Wildman–Crippen MR) is 60.5 cm³/mol. The van der Waals surface area contributed by atoms with Crippen molar-refractivity contribution < 1.29 is 0 Å². The van der Waals surface area contributed by atoms with E-state index >= 15 is 0 Å². The van der Waals surface area contributed by atoms with E-state index in [0.29, 0.717) is 11.1 Å². The highest BCUT2D eigenvalue weighted by Crippen LogP contribution is 2.20. The first-order chi connectivity index (χ1) is 7.18. The fourth-order valence-corrected chi connectivity index (χ4v) is 1.53. The topological polar surface area (TPSA) is 30.7 Å². The zero-order valence-corrected chi connectivity index (χ0v) is 9.44. The summed E-state index contributed by atoms with van der Waals surface area (Å²) in [5.74, 6) is 1.11. The minimum absolute atomic E-state index is 0.368. The Morgan fingerprint density at radius 1 is 1.33 bits per heavy atom. The molecule has 0 N–H and O–H groups in total. The standard InChI is InChI=1S/C11H12ClN3/c1-8(2)9-7-10(12)15(14-9)11-5-3-4-6-13-11/h3-8H,1-2H3. The van der Waals surface area contributed by atoms with E-state index in [1.807, 2.05) is 24.3 Å². The van der Waals surface area contributed by atoms with Crippen molar-refractivity contribution in [3.8, 4) is 5.82 Å². The smallest absolute Gasteiger partial charge is 0.155 e. The summed E-state index contributed by atoms with van der Waals surface area (Å²) >= 11 is 6.08. The van der Waals surface area contributed by atoms with Gasteiger partial charge in [-0.05, 0) is 24.1 Å². The van der Waals surface area contributed by atoms with Gasteiger partial charge in [0.1, 0.15) is 5.15 Å². The van der Waals surface area contributed by atoms with Crippen LogP contribution < -0.4 is 0 Å². The highest BCUT2D eigenvalue weighted by molar-refractivity contribution is 6.29. The van der Waals surface area contributed by atoms with Gasteiger partial charge in [-0.25, -0.2) is 9.67 Å². The molecule has 2 aromatic heterocycles. The Kier molecular flexibility index (Phi) is 2.73. The molecule has 2 aromatic rings. The molecule has 0 radical (unpaired) electrons. The van der Waals surface area contributed by atoms with E-state index in [-0.39, 0.29) is 0 Å². The van der Waals surface area contributed by atoms with E-state index in [1.54, 1.807) is 10.9 Å². The predicted octanol–water partition coefficient (Wildman–Crippen LogP) is 3.04. The molecule has 2 rings (SSSR count). The fourth-order valence-electron chi connectivity index (χ4n) is 1.30. The molecule has 0 fully saturated rings. The van der Waals surface area contributed by atoms with Gasteiger partial charge in [0.05, 0.1) is 5.69 Å². The molecule has 4 heteroatoms. The number of rotatable bonds is 2. The molecule has 0 aromatic carbocycles. The molecule has 0 aliphatic heterocycles. The van der Waals surface area contributed by atoms with Gasteiger partial charge in [0.15, 0.2) is 5.82 Å². The lowest BCUT2D eigenvalue weighted by Gasteiger charge is -2.01. The average Bonchev–Trinajstić information content (AvgIpc) is 2.62. The van der Waals surface area contributed by atoms with Crippen LogP contribution in [0, 0.1) is 0 Å². The molecule has 0 bridgehead atoms. The minimum atomic E-state index is 0.368. The zero-order chi connectivity index (χ0) is 10.8. The van der Waals surface area contributed by atoms with E-state index in [0.717, 1.165) is 11.5 Å². The van der Waals surface area contributed by atoms with E-state index in [2.05, 4.69) is 23.9 Å². The van der Waals surface area contributed by atoms with Gasteiger partial charge in [0.25, 0.3) is 0 Å². The van der Waals surface area contributed by atoms with Gasteiger partial charge in [-0.2, -0.15) is 5.10 Å². The molecule has 3 nitrogen and oxygen atoms in total. The van der Waals surface area contributed by atoms with Crippen LogP contribution in [0.3, 0.4) is 0 Å². The van der Waals surface area contributed by atoms with Crippen molar-refractivity contribution in [2.24, 2.45) is 0 Å². The maximum atomic E-state index is 6.08. The number of halogens is 1. The van der Waals surface area contributed by atoms with E-state index in [1.165, 1.54) is 0 Å². The average molecular weight is 222 g/mol. The van der Waals surface area contributed by atoms with Crippen molar-refractivity contribution in [1.82, 2.24) is 14.8 Å². The largest absolute Gasteiger partial charge is 0.237 e. The molecule has 0 saturated carbocycles. The molecule has 0 aliphatic carbocycles. The van der Waals surface area contributed by atoms with Gasteiger partial charge in [0.2, 0.25) is 0 Å². The molecule has 78 valence electrons. The molecule has 0 unspecified atom stereocenters. The number of hydrogen-bond donors (Lipinski definition) is 0. The Morgan fingerprint density at radius 3 is 2.67 bits per heavy atom. The van der Waals surface area contributed by atoms with Crippen LogP contribution in [0.15, 0.2) is 30.5 Å². The Labute approximate surface area is 93.7 Å². The van der Waals surface area contributed by atoms with Crippen LogP contribution in [-0.4, -0.2) is 14.8 Å². The molecular weight excluding hydrogens is 210 g/mol. The lowest BCUT2D eigenvalue weighted by molar-refractivity contribution is 0.758. The maximum absolute atomic E-state index is 6.08. The normalized spacial score (nSPS) is 10.9. The molecule has 0 saturated heterocycles. The summed E-state index contributed by atoms with van der Waals surface area (Å²) in [4.78, 5) is 4.20. The Balaban J connectivity index is 2.45. The summed E-state index contributed by atoms with van der Waals surface area (Å²) in [7, 11) is 0. The summed E-state index contributed by atoms with van der Waals surface area (Å²) in [6.07, 6.45) is 1.72. The second-order valence-electron chi connectivity index (χ2n) is 3.65. The Morgan fingerprint density at radius 2 is 2.13 bits per heavy atom.